The second-order valence-corrected chi connectivity index (χ2v) is 8.71. The fourth-order valence-electron chi connectivity index (χ4n) is 3.74. The van der Waals surface area contributed by atoms with Crippen molar-refractivity contribution in [1.29, 1.82) is 0 Å². The minimum Gasteiger partial charge on any atom is -0.347 e. The summed E-state index contributed by atoms with van der Waals surface area (Å²) >= 11 is 1.86. The van der Waals surface area contributed by atoms with E-state index in [1.807, 2.05) is 11.3 Å². The SMILES string of the molecule is Cc1ccc(CN2CCC3(CC2)CCN(CC(=O)N(C)C)C3=O)s1. The summed E-state index contributed by atoms with van der Waals surface area (Å²) in [5.74, 6) is 0.204. The molecule has 0 aliphatic carbocycles. The standard InChI is InChI=1S/C18H27N3O2S/c1-14-4-5-15(24-14)12-20-9-6-18(7-10-20)8-11-21(17(18)23)13-16(22)19(2)3/h4-5H,6-13H2,1-3H3. The molecule has 132 valence electrons. The van der Waals surface area contributed by atoms with Gasteiger partial charge in [-0.3, -0.25) is 14.5 Å². The minimum atomic E-state index is -0.214. The third-order valence-electron chi connectivity index (χ3n) is 5.41. The van der Waals surface area contributed by atoms with Gasteiger partial charge in [0.2, 0.25) is 11.8 Å². The van der Waals surface area contributed by atoms with Gasteiger partial charge in [0, 0.05) is 36.9 Å². The zero-order valence-electron chi connectivity index (χ0n) is 14.9. The van der Waals surface area contributed by atoms with E-state index in [0.717, 1.165) is 45.4 Å². The fraction of sp³-hybridized carbons (Fsp3) is 0.667. The van der Waals surface area contributed by atoms with Crippen molar-refractivity contribution in [3.8, 4) is 0 Å². The number of nitrogens with zero attached hydrogens (tertiary/aromatic N) is 3. The topological polar surface area (TPSA) is 43.9 Å². The number of piperidine rings is 1. The zero-order valence-corrected chi connectivity index (χ0v) is 15.7. The van der Waals surface area contributed by atoms with Crippen LogP contribution < -0.4 is 0 Å². The molecule has 0 atom stereocenters. The van der Waals surface area contributed by atoms with Gasteiger partial charge in [-0.25, -0.2) is 0 Å². The molecule has 5 nitrogen and oxygen atoms in total. The van der Waals surface area contributed by atoms with Crippen LogP contribution in [0.25, 0.3) is 0 Å². The largest absolute Gasteiger partial charge is 0.347 e. The Balaban J connectivity index is 1.55. The molecule has 2 saturated heterocycles. The van der Waals surface area contributed by atoms with Crippen LogP contribution in [0.1, 0.15) is 29.0 Å². The molecule has 2 aliphatic rings. The molecule has 24 heavy (non-hydrogen) atoms. The van der Waals surface area contributed by atoms with Gasteiger partial charge in [0.15, 0.2) is 0 Å². The highest BCUT2D eigenvalue weighted by Crippen LogP contribution is 2.41. The second-order valence-electron chi connectivity index (χ2n) is 7.33. The number of rotatable bonds is 4. The van der Waals surface area contributed by atoms with Gasteiger partial charge in [0.05, 0.1) is 12.0 Å². The Morgan fingerprint density at radius 3 is 2.46 bits per heavy atom. The molecule has 0 saturated carbocycles. The quantitative estimate of drug-likeness (QED) is 0.835. The molecule has 2 aliphatic heterocycles. The zero-order chi connectivity index (χ0) is 17.3. The van der Waals surface area contributed by atoms with E-state index < -0.39 is 0 Å². The first kappa shape index (κ1) is 17.4. The summed E-state index contributed by atoms with van der Waals surface area (Å²) in [5, 5.41) is 0. The van der Waals surface area contributed by atoms with Crippen molar-refractivity contribution in [1.82, 2.24) is 14.7 Å². The molecule has 0 N–H and O–H groups in total. The summed E-state index contributed by atoms with van der Waals surface area (Å²) in [6.07, 6.45) is 2.74. The van der Waals surface area contributed by atoms with Crippen molar-refractivity contribution >= 4 is 23.2 Å². The molecular formula is C18H27N3O2S. The van der Waals surface area contributed by atoms with Gasteiger partial charge in [-0.1, -0.05) is 0 Å². The summed E-state index contributed by atoms with van der Waals surface area (Å²) in [4.78, 5) is 33.3. The molecule has 3 heterocycles. The molecule has 0 aromatic carbocycles. The van der Waals surface area contributed by atoms with Crippen LogP contribution in [0, 0.1) is 12.3 Å². The van der Waals surface area contributed by atoms with Crippen molar-refractivity contribution in [3.05, 3.63) is 21.9 Å². The summed E-state index contributed by atoms with van der Waals surface area (Å²) < 4.78 is 0. The third kappa shape index (κ3) is 3.49. The van der Waals surface area contributed by atoms with Gasteiger partial charge < -0.3 is 9.80 Å². The monoisotopic (exact) mass is 349 g/mol. The number of carbonyl (C=O) groups is 2. The Kier molecular flexibility index (Phi) is 4.97. The molecule has 1 aromatic rings. The van der Waals surface area contributed by atoms with E-state index in [1.165, 1.54) is 9.75 Å². The maximum absolute atomic E-state index is 12.8. The Morgan fingerprint density at radius 2 is 1.88 bits per heavy atom. The summed E-state index contributed by atoms with van der Waals surface area (Å²) in [6, 6.07) is 4.38. The number of aryl methyl sites for hydroxylation is 1. The lowest BCUT2D eigenvalue weighted by molar-refractivity contribution is -0.143. The summed E-state index contributed by atoms with van der Waals surface area (Å²) in [6.45, 7) is 6.02. The maximum atomic E-state index is 12.8. The van der Waals surface area contributed by atoms with E-state index in [1.54, 1.807) is 23.9 Å². The van der Waals surface area contributed by atoms with Crippen molar-refractivity contribution < 1.29 is 9.59 Å². The smallest absolute Gasteiger partial charge is 0.241 e. The molecule has 0 unspecified atom stereocenters. The van der Waals surface area contributed by atoms with Crippen molar-refractivity contribution in [2.24, 2.45) is 5.41 Å². The van der Waals surface area contributed by atoms with E-state index in [-0.39, 0.29) is 23.8 Å². The molecule has 1 aromatic heterocycles. The van der Waals surface area contributed by atoms with Crippen LogP contribution in [0.5, 0.6) is 0 Å². The molecule has 1 spiro atoms. The first-order chi connectivity index (χ1) is 11.4. The number of hydrogen-bond donors (Lipinski definition) is 0. The van der Waals surface area contributed by atoms with Crippen LogP contribution in [0.4, 0.5) is 0 Å². The van der Waals surface area contributed by atoms with Crippen LogP contribution in [0.3, 0.4) is 0 Å². The van der Waals surface area contributed by atoms with Gasteiger partial charge in [-0.05, 0) is 51.4 Å². The number of likely N-dealkylation sites (N-methyl/N-ethyl adjacent to an activating group) is 1. The fourth-order valence-corrected chi connectivity index (χ4v) is 4.67. The Hall–Kier alpha value is -1.40. The molecule has 0 bridgehead atoms. The van der Waals surface area contributed by atoms with E-state index in [0.29, 0.717) is 0 Å². The number of likely N-dealkylation sites (tertiary alicyclic amines) is 2. The molecule has 6 heteroatoms. The van der Waals surface area contributed by atoms with Gasteiger partial charge >= 0.3 is 0 Å². The van der Waals surface area contributed by atoms with E-state index in [4.69, 9.17) is 0 Å². The maximum Gasteiger partial charge on any atom is 0.241 e. The Labute approximate surface area is 148 Å². The van der Waals surface area contributed by atoms with Crippen LogP contribution >= 0.6 is 11.3 Å². The molecule has 3 rings (SSSR count). The molecule has 2 amide bonds. The highest BCUT2D eigenvalue weighted by atomic mass is 32.1. The number of amides is 2. The van der Waals surface area contributed by atoms with Gasteiger partial charge in [0.25, 0.3) is 0 Å². The van der Waals surface area contributed by atoms with Crippen LogP contribution in [-0.2, 0) is 16.1 Å². The van der Waals surface area contributed by atoms with Crippen LogP contribution in [-0.4, -0.2) is 66.8 Å². The van der Waals surface area contributed by atoms with Gasteiger partial charge in [-0.15, -0.1) is 11.3 Å². The normalized spacial score (nSPS) is 20.8. The number of hydrogen-bond acceptors (Lipinski definition) is 4. The lowest BCUT2D eigenvalue weighted by Crippen LogP contribution is -2.46. The van der Waals surface area contributed by atoms with Gasteiger partial charge in [0.1, 0.15) is 0 Å². The van der Waals surface area contributed by atoms with E-state index in [9.17, 15) is 9.59 Å². The van der Waals surface area contributed by atoms with Crippen molar-refractivity contribution in [2.45, 2.75) is 32.7 Å². The Bertz CT molecular complexity index is 618. The minimum absolute atomic E-state index is 0.00546. The van der Waals surface area contributed by atoms with E-state index >= 15 is 0 Å². The predicted molar refractivity (Wildman–Crippen MR) is 95.9 cm³/mol. The van der Waals surface area contributed by atoms with Crippen molar-refractivity contribution in [2.75, 3.05) is 40.3 Å². The lowest BCUT2D eigenvalue weighted by atomic mass is 9.77. The third-order valence-corrected chi connectivity index (χ3v) is 6.40. The number of carbonyl (C=O) groups excluding carboxylic acids is 2. The summed E-state index contributed by atoms with van der Waals surface area (Å²) in [5.41, 5.74) is -0.214. The second kappa shape index (κ2) is 6.84. The molecular weight excluding hydrogens is 322 g/mol. The highest BCUT2D eigenvalue weighted by molar-refractivity contribution is 7.11. The first-order valence-electron chi connectivity index (χ1n) is 8.67. The van der Waals surface area contributed by atoms with Gasteiger partial charge in [-0.2, -0.15) is 0 Å². The highest BCUT2D eigenvalue weighted by Gasteiger charge is 2.48. The molecule has 2 fully saturated rings. The van der Waals surface area contributed by atoms with E-state index in [2.05, 4.69) is 24.0 Å². The Morgan fingerprint density at radius 1 is 1.21 bits per heavy atom. The number of thiophene rings is 1. The lowest BCUT2D eigenvalue weighted by Gasteiger charge is -2.37. The summed E-state index contributed by atoms with van der Waals surface area (Å²) in [7, 11) is 3.48. The first-order valence-corrected chi connectivity index (χ1v) is 9.48. The van der Waals surface area contributed by atoms with Crippen molar-refractivity contribution in [3.63, 3.8) is 0 Å². The average molecular weight is 350 g/mol. The van der Waals surface area contributed by atoms with Crippen LogP contribution in [0.2, 0.25) is 0 Å². The average Bonchev–Trinajstić information content (AvgIpc) is 3.08. The van der Waals surface area contributed by atoms with Crippen LogP contribution in [0.15, 0.2) is 12.1 Å². The predicted octanol–water partition coefficient (Wildman–Crippen LogP) is 1.96. The molecule has 0 radical (unpaired) electrons.